The standard InChI is InChI=1S/C25H21ClN2O5S/c1-13(2)33-24(32)20-14(3)27-25-28(21(20)16-8-10-18(26)11-9-16)22(29)19(34-25)12-15-4-6-17(7-5-15)23(30)31/h4-13,21H,1-3H3,(H,30,31)/p-1/b19-12+/t21-/m0/s1. The lowest BCUT2D eigenvalue weighted by Crippen LogP contribution is -2.40. The van der Waals surface area contributed by atoms with Crippen molar-refractivity contribution in [2.75, 3.05) is 0 Å². The number of nitrogens with zero attached hydrogens (tertiary/aromatic N) is 2. The minimum Gasteiger partial charge on any atom is -0.545 e. The van der Waals surface area contributed by atoms with Gasteiger partial charge in [-0.25, -0.2) is 9.79 Å². The third kappa shape index (κ3) is 4.60. The van der Waals surface area contributed by atoms with E-state index in [2.05, 4.69) is 4.99 Å². The summed E-state index contributed by atoms with van der Waals surface area (Å²) in [4.78, 5) is 42.5. The van der Waals surface area contributed by atoms with Crippen molar-refractivity contribution in [3.8, 4) is 0 Å². The molecule has 0 aliphatic carbocycles. The maximum Gasteiger partial charge on any atom is 0.338 e. The Morgan fingerprint density at radius 3 is 2.38 bits per heavy atom. The number of fused-ring (bicyclic) bond motifs is 1. The van der Waals surface area contributed by atoms with Crippen LogP contribution in [0.3, 0.4) is 0 Å². The average molecular weight is 496 g/mol. The SMILES string of the molecule is CC1=C(C(=O)OC(C)C)[C@H](c2ccc(Cl)cc2)n2c(s/c(=C/c3ccc(C(=O)[O-])cc3)c2=O)=N1. The van der Waals surface area contributed by atoms with E-state index in [-0.39, 0.29) is 22.8 Å². The smallest absolute Gasteiger partial charge is 0.338 e. The Morgan fingerprint density at radius 1 is 1.15 bits per heavy atom. The molecule has 1 aromatic heterocycles. The van der Waals surface area contributed by atoms with Crippen molar-refractivity contribution in [2.24, 2.45) is 4.99 Å². The molecular formula is C25H20ClN2O5S-. The third-order valence-corrected chi connectivity index (χ3v) is 6.45. The van der Waals surface area contributed by atoms with Crippen LogP contribution in [0.1, 0.15) is 48.3 Å². The Bertz CT molecular complexity index is 1480. The van der Waals surface area contributed by atoms with E-state index in [4.69, 9.17) is 16.3 Å². The quantitative estimate of drug-likeness (QED) is 0.505. The van der Waals surface area contributed by atoms with Crippen molar-refractivity contribution in [3.63, 3.8) is 0 Å². The van der Waals surface area contributed by atoms with Crippen molar-refractivity contribution in [1.82, 2.24) is 4.57 Å². The molecule has 174 valence electrons. The van der Waals surface area contributed by atoms with Crippen molar-refractivity contribution >= 4 is 41.0 Å². The number of ether oxygens (including phenoxy) is 1. The van der Waals surface area contributed by atoms with E-state index in [9.17, 15) is 19.5 Å². The van der Waals surface area contributed by atoms with Crippen LogP contribution in [-0.2, 0) is 9.53 Å². The molecule has 0 spiro atoms. The molecule has 0 N–H and O–H groups in total. The molecule has 9 heteroatoms. The van der Waals surface area contributed by atoms with Crippen LogP contribution in [0.15, 0.2) is 69.6 Å². The first-order chi connectivity index (χ1) is 16.2. The van der Waals surface area contributed by atoms with Crippen LogP contribution in [-0.4, -0.2) is 22.6 Å². The number of thiazole rings is 1. The van der Waals surface area contributed by atoms with Crippen LogP contribution in [0.25, 0.3) is 6.08 Å². The maximum atomic E-state index is 13.5. The van der Waals surface area contributed by atoms with Crippen molar-refractivity contribution in [1.29, 1.82) is 0 Å². The van der Waals surface area contributed by atoms with Gasteiger partial charge in [0.2, 0.25) is 0 Å². The van der Waals surface area contributed by atoms with E-state index in [0.717, 1.165) is 0 Å². The highest BCUT2D eigenvalue weighted by Crippen LogP contribution is 2.31. The number of rotatable bonds is 5. The van der Waals surface area contributed by atoms with E-state index in [0.29, 0.717) is 31.2 Å². The van der Waals surface area contributed by atoms with E-state index in [1.807, 2.05) is 0 Å². The van der Waals surface area contributed by atoms with Crippen molar-refractivity contribution < 1.29 is 19.4 Å². The van der Waals surface area contributed by atoms with Gasteiger partial charge in [0, 0.05) is 5.02 Å². The van der Waals surface area contributed by atoms with Gasteiger partial charge < -0.3 is 14.6 Å². The molecule has 1 atom stereocenters. The van der Waals surface area contributed by atoms with Crippen molar-refractivity contribution in [3.05, 3.63) is 101 Å². The zero-order valence-electron chi connectivity index (χ0n) is 18.6. The molecule has 1 aliphatic rings. The lowest BCUT2D eigenvalue weighted by molar-refractivity contribution is -0.255. The fourth-order valence-corrected chi connectivity index (χ4v) is 4.86. The minimum absolute atomic E-state index is 0.0466. The third-order valence-electron chi connectivity index (χ3n) is 5.21. The molecule has 4 rings (SSSR count). The topological polar surface area (TPSA) is 101 Å². The van der Waals surface area contributed by atoms with Crippen molar-refractivity contribution in [2.45, 2.75) is 32.9 Å². The van der Waals surface area contributed by atoms with Crippen LogP contribution in [0.2, 0.25) is 5.02 Å². The highest BCUT2D eigenvalue weighted by atomic mass is 35.5. The summed E-state index contributed by atoms with van der Waals surface area (Å²) >= 11 is 7.26. The van der Waals surface area contributed by atoms with Gasteiger partial charge >= 0.3 is 5.97 Å². The number of benzene rings is 2. The summed E-state index contributed by atoms with van der Waals surface area (Å²) in [7, 11) is 0. The molecule has 0 unspecified atom stereocenters. The molecule has 0 fully saturated rings. The van der Waals surface area contributed by atoms with Gasteiger partial charge in [0.15, 0.2) is 4.80 Å². The second kappa shape index (κ2) is 9.40. The molecule has 7 nitrogen and oxygen atoms in total. The minimum atomic E-state index is -1.27. The number of hydrogen-bond donors (Lipinski definition) is 0. The number of aromatic nitrogens is 1. The lowest BCUT2D eigenvalue weighted by atomic mass is 9.96. The number of aromatic carboxylic acids is 1. The number of carbonyl (C=O) groups excluding carboxylic acids is 2. The van der Waals surface area contributed by atoms with Gasteiger partial charge in [0.25, 0.3) is 5.56 Å². The Labute approximate surface area is 203 Å². The van der Waals surface area contributed by atoms with Gasteiger partial charge in [-0.2, -0.15) is 0 Å². The summed E-state index contributed by atoms with van der Waals surface area (Å²) in [5, 5.41) is 11.5. The zero-order chi connectivity index (χ0) is 24.6. The number of hydrogen-bond acceptors (Lipinski definition) is 7. The van der Waals surface area contributed by atoms with Crippen LogP contribution in [0.5, 0.6) is 0 Å². The lowest BCUT2D eigenvalue weighted by Gasteiger charge is -2.25. The Hall–Kier alpha value is -3.49. The zero-order valence-corrected chi connectivity index (χ0v) is 20.1. The maximum absolute atomic E-state index is 13.5. The van der Waals surface area contributed by atoms with E-state index < -0.39 is 18.0 Å². The molecule has 2 aromatic carbocycles. The Morgan fingerprint density at radius 2 is 1.79 bits per heavy atom. The Balaban J connectivity index is 1.90. The fraction of sp³-hybridized carbons (Fsp3) is 0.200. The molecule has 2 heterocycles. The van der Waals surface area contributed by atoms with E-state index in [1.165, 1.54) is 28.0 Å². The Kier molecular flexibility index (Phi) is 6.54. The summed E-state index contributed by atoms with van der Waals surface area (Å²) in [6, 6.07) is 12.2. The molecule has 3 aromatic rings. The summed E-state index contributed by atoms with van der Waals surface area (Å²) in [6.45, 7) is 5.23. The summed E-state index contributed by atoms with van der Waals surface area (Å²) < 4.78 is 7.35. The first kappa shape index (κ1) is 23.7. The molecule has 0 amide bonds. The van der Waals surface area contributed by atoms with Gasteiger partial charge in [-0.15, -0.1) is 0 Å². The summed E-state index contributed by atoms with van der Waals surface area (Å²) in [5.41, 5.74) is 1.82. The molecule has 0 saturated carbocycles. The van der Waals surface area contributed by atoms with Crippen LogP contribution >= 0.6 is 22.9 Å². The normalized spacial score (nSPS) is 15.8. The fourth-order valence-electron chi connectivity index (χ4n) is 3.69. The summed E-state index contributed by atoms with van der Waals surface area (Å²) in [6.07, 6.45) is 1.32. The number of allylic oxidation sites excluding steroid dienone is 1. The second-order valence-electron chi connectivity index (χ2n) is 8.00. The van der Waals surface area contributed by atoms with Gasteiger partial charge in [-0.3, -0.25) is 9.36 Å². The van der Waals surface area contributed by atoms with Gasteiger partial charge in [-0.1, -0.05) is 59.3 Å². The monoisotopic (exact) mass is 495 g/mol. The highest BCUT2D eigenvalue weighted by Gasteiger charge is 2.33. The second-order valence-corrected chi connectivity index (χ2v) is 9.44. The van der Waals surface area contributed by atoms with Gasteiger partial charge in [-0.05, 0) is 55.7 Å². The van der Waals surface area contributed by atoms with Gasteiger partial charge in [0.05, 0.1) is 33.9 Å². The molecule has 34 heavy (non-hydrogen) atoms. The molecule has 0 saturated heterocycles. The van der Waals surface area contributed by atoms with Gasteiger partial charge in [0.1, 0.15) is 0 Å². The van der Waals surface area contributed by atoms with Crippen LogP contribution < -0.4 is 20.0 Å². The van der Waals surface area contributed by atoms with E-state index in [1.54, 1.807) is 63.2 Å². The predicted molar refractivity (Wildman–Crippen MR) is 127 cm³/mol. The number of halogens is 1. The molecular weight excluding hydrogens is 476 g/mol. The first-order valence-corrected chi connectivity index (χ1v) is 11.7. The number of esters is 1. The highest BCUT2D eigenvalue weighted by molar-refractivity contribution is 7.07. The average Bonchev–Trinajstić information content (AvgIpc) is 3.07. The number of carboxylic acids is 1. The molecule has 0 radical (unpaired) electrons. The summed E-state index contributed by atoms with van der Waals surface area (Å²) in [5.74, 6) is -1.81. The predicted octanol–water partition coefficient (Wildman–Crippen LogP) is 2.20. The van der Waals surface area contributed by atoms with Crippen LogP contribution in [0.4, 0.5) is 0 Å². The molecule has 0 bridgehead atoms. The number of carboxylic acid groups (broad SMARTS) is 1. The molecule has 1 aliphatic heterocycles. The first-order valence-electron chi connectivity index (χ1n) is 10.5. The largest absolute Gasteiger partial charge is 0.545 e. The number of carbonyl (C=O) groups is 2. The van der Waals surface area contributed by atoms with Crippen LogP contribution in [0, 0.1) is 0 Å². The van der Waals surface area contributed by atoms with E-state index >= 15 is 0 Å².